The normalized spacial score (nSPS) is 11.5. The molecule has 0 unspecified atom stereocenters. The first kappa shape index (κ1) is 36.9. The minimum atomic E-state index is 0.713. The highest BCUT2D eigenvalue weighted by Gasteiger charge is 2.23. The van der Waals surface area contributed by atoms with Crippen LogP contribution < -0.4 is 4.90 Å². The smallest absolute Gasteiger partial charge is 0.160 e. The van der Waals surface area contributed by atoms with Crippen molar-refractivity contribution in [2.75, 3.05) is 4.90 Å². The van der Waals surface area contributed by atoms with Crippen LogP contribution in [0.5, 0.6) is 0 Å². The molecule has 10 aromatic rings. The molecule has 62 heavy (non-hydrogen) atoms. The summed E-state index contributed by atoms with van der Waals surface area (Å²) in [5.41, 5.74) is 20.5. The minimum absolute atomic E-state index is 0.713. The minimum Gasteiger partial charge on any atom is -0.310 e. The van der Waals surface area contributed by atoms with Gasteiger partial charge in [-0.05, 0) is 111 Å². The van der Waals surface area contributed by atoms with E-state index in [1.807, 2.05) is 0 Å². The van der Waals surface area contributed by atoms with E-state index in [1.165, 1.54) is 55.6 Å². The molecule has 0 radical (unpaired) electrons. The standard InChI is InChI=1S/C59H41N3/c1-5-13-41(14-6-1)44-21-25-47(26-22-44)57-40-58(48-27-23-45(24-28-48)42-15-7-2-8-16-42)61-59(60-57)50-32-36-55-51(38-50)37-49-31-35-54(39-56(49)55)62(52-19-11-4-12-20-52)53-33-29-46(30-34-53)43-17-9-3-10-18-43/h1-36,38-40H,37H2. The van der Waals surface area contributed by atoms with Gasteiger partial charge < -0.3 is 4.90 Å². The van der Waals surface area contributed by atoms with E-state index in [9.17, 15) is 0 Å². The molecule has 1 aliphatic carbocycles. The molecule has 3 nitrogen and oxygen atoms in total. The molecule has 0 amide bonds. The monoisotopic (exact) mass is 791 g/mol. The summed E-state index contributed by atoms with van der Waals surface area (Å²) in [5, 5.41) is 0. The summed E-state index contributed by atoms with van der Waals surface area (Å²) in [7, 11) is 0. The van der Waals surface area contributed by atoms with Crippen LogP contribution in [0, 0.1) is 0 Å². The van der Waals surface area contributed by atoms with E-state index < -0.39 is 0 Å². The van der Waals surface area contributed by atoms with Gasteiger partial charge in [0.15, 0.2) is 5.82 Å². The SMILES string of the molecule is c1ccc(-c2ccc(-c3cc(-c4ccc(-c5ccccc5)cc4)nc(-c4ccc5c(c4)Cc4ccc(N(c6ccccc6)c6ccc(-c7ccccc7)cc6)cc4-5)n3)cc2)cc1. The van der Waals surface area contributed by atoms with E-state index in [2.05, 4.69) is 241 Å². The fraction of sp³-hybridized carbons (Fsp3) is 0.0169. The Bertz CT molecular complexity index is 3040. The summed E-state index contributed by atoms with van der Waals surface area (Å²) in [6.07, 6.45) is 0.852. The topological polar surface area (TPSA) is 29.0 Å². The summed E-state index contributed by atoms with van der Waals surface area (Å²) in [4.78, 5) is 12.9. The number of hydrogen-bond acceptors (Lipinski definition) is 3. The number of aromatic nitrogens is 2. The van der Waals surface area contributed by atoms with E-state index >= 15 is 0 Å². The van der Waals surface area contributed by atoms with Crippen LogP contribution in [-0.2, 0) is 6.42 Å². The summed E-state index contributed by atoms with van der Waals surface area (Å²) in [5.74, 6) is 0.713. The van der Waals surface area contributed by atoms with Gasteiger partial charge in [0.25, 0.3) is 0 Å². The van der Waals surface area contributed by atoms with Crippen LogP contribution in [-0.4, -0.2) is 9.97 Å². The van der Waals surface area contributed by atoms with Gasteiger partial charge in [-0.3, -0.25) is 0 Å². The number of hydrogen-bond donors (Lipinski definition) is 0. The van der Waals surface area contributed by atoms with Crippen molar-refractivity contribution in [3.8, 4) is 78.4 Å². The maximum Gasteiger partial charge on any atom is 0.160 e. The van der Waals surface area contributed by atoms with Crippen LogP contribution in [0.4, 0.5) is 17.1 Å². The molecule has 0 aliphatic heterocycles. The van der Waals surface area contributed by atoms with E-state index in [0.29, 0.717) is 5.82 Å². The van der Waals surface area contributed by atoms with E-state index in [-0.39, 0.29) is 0 Å². The van der Waals surface area contributed by atoms with Gasteiger partial charge in [0.05, 0.1) is 11.4 Å². The average Bonchev–Trinajstić information content (AvgIpc) is 3.73. The number of rotatable bonds is 9. The van der Waals surface area contributed by atoms with Crippen LogP contribution in [0.1, 0.15) is 11.1 Å². The van der Waals surface area contributed by atoms with Crippen LogP contribution in [0.3, 0.4) is 0 Å². The second-order valence-electron chi connectivity index (χ2n) is 15.8. The maximum absolute atomic E-state index is 5.25. The highest BCUT2D eigenvalue weighted by Crippen LogP contribution is 2.44. The van der Waals surface area contributed by atoms with Crippen molar-refractivity contribution in [3.63, 3.8) is 0 Å². The Morgan fingerprint density at radius 1 is 0.274 bits per heavy atom. The molecule has 0 fully saturated rings. The Kier molecular flexibility index (Phi) is 9.61. The van der Waals surface area contributed by atoms with Crippen molar-refractivity contribution in [1.82, 2.24) is 9.97 Å². The average molecular weight is 792 g/mol. The summed E-state index contributed by atoms with van der Waals surface area (Å²) in [6, 6.07) is 84.2. The van der Waals surface area contributed by atoms with Crippen molar-refractivity contribution in [2.24, 2.45) is 0 Å². The zero-order chi connectivity index (χ0) is 41.2. The van der Waals surface area contributed by atoms with Gasteiger partial charge in [-0.25, -0.2) is 9.97 Å². The summed E-state index contributed by atoms with van der Waals surface area (Å²) >= 11 is 0. The number of anilines is 3. The molecule has 9 aromatic carbocycles. The lowest BCUT2D eigenvalue weighted by atomic mass is 10.00. The highest BCUT2D eigenvalue weighted by molar-refractivity contribution is 5.86. The van der Waals surface area contributed by atoms with Crippen LogP contribution in [0.25, 0.3) is 78.4 Å². The molecule has 0 N–H and O–H groups in total. The van der Waals surface area contributed by atoms with E-state index in [0.717, 1.165) is 51.6 Å². The number of nitrogens with zero attached hydrogens (tertiary/aromatic N) is 3. The first-order valence-corrected chi connectivity index (χ1v) is 21.2. The van der Waals surface area contributed by atoms with E-state index in [4.69, 9.17) is 9.97 Å². The molecule has 0 saturated heterocycles. The molecular weight excluding hydrogens is 751 g/mol. The first-order valence-electron chi connectivity index (χ1n) is 21.2. The van der Waals surface area contributed by atoms with Gasteiger partial charge in [0, 0.05) is 33.8 Å². The van der Waals surface area contributed by atoms with Crippen molar-refractivity contribution in [2.45, 2.75) is 6.42 Å². The quantitative estimate of drug-likeness (QED) is 0.146. The van der Waals surface area contributed by atoms with Crippen LogP contribution >= 0.6 is 0 Å². The predicted octanol–water partition coefficient (Wildman–Crippen LogP) is 15.5. The van der Waals surface area contributed by atoms with Gasteiger partial charge in [-0.1, -0.05) is 188 Å². The Morgan fingerprint density at radius 3 is 1.19 bits per heavy atom. The summed E-state index contributed by atoms with van der Waals surface area (Å²) in [6.45, 7) is 0. The van der Waals surface area contributed by atoms with Crippen LogP contribution in [0.2, 0.25) is 0 Å². The Balaban J connectivity index is 0.954. The lowest BCUT2D eigenvalue weighted by molar-refractivity contribution is 1.18. The molecule has 11 rings (SSSR count). The van der Waals surface area contributed by atoms with Crippen LogP contribution in [0.15, 0.2) is 237 Å². The predicted molar refractivity (Wildman–Crippen MR) is 258 cm³/mol. The van der Waals surface area contributed by atoms with Gasteiger partial charge >= 0.3 is 0 Å². The zero-order valence-corrected chi connectivity index (χ0v) is 34.1. The third kappa shape index (κ3) is 7.27. The lowest BCUT2D eigenvalue weighted by Crippen LogP contribution is -2.10. The molecule has 1 heterocycles. The number of para-hydroxylation sites is 1. The molecular formula is C59H41N3. The molecule has 0 saturated carbocycles. The molecule has 1 aromatic heterocycles. The van der Waals surface area contributed by atoms with Gasteiger partial charge in [-0.2, -0.15) is 0 Å². The molecule has 0 atom stereocenters. The lowest BCUT2D eigenvalue weighted by Gasteiger charge is -2.26. The number of benzene rings is 9. The zero-order valence-electron chi connectivity index (χ0n) is 34.1. The summed E-state index contributed by atoms with van der Waals surface area (Å²) < 4.78 is 0. The fourth-order valence-electron chi connectivity index (χ4n) is 8.71. The van der Waals surface area contributed by atoms with E-state index in [1.54, 1.807) is 0 Å². The maximum atomic E-state index is 5.25. The third-order valence-electron chi connectivity index (χ3n) is 11.9. The molecule has 0 spiro atoms. The number of fused-ring (bicyclic) bond motifs is 3. The van der Waals surface area contributed by atoms with Crippen molar-refractivity contribution >= 4 is 17.1 Å². The van der Waals surface area contributed by atoms with Crippen molar-refractivity contribution in [3.05, 3.63) is 248 Å². The van der Waals surface area contributed by atoms with Crippen molar-refractivity contribution in [1.29, 1.82) is 0 Å². The molecule has 3 heteroatoms. The second-order valence-corrected chi connectivity index (χ2v) is 15.8. The van der Waals surface area contributed by atoms with Gasteiger partial charge in [0.1, 0.15) is 0 Å². The molecule has 292 valence electrons. The van der Waals surface area contributed by atoms with Crippen molar-refractivity contribution < 1.29 is 0 Å². The van der Waals surface area contributed by atoms with Gasteiger partial charge in [-0.15, -0.1) is 0 Å². The first-order chi connectivity index (χ1) is 30.7. The molecule has 1 aliphatic rings. The Hall–Kier alpha value is -8.14. The fourth-order valence-corrected chi connectivity index (χ4v) is 8.71. The third-order valence-corrected chi connectivity index (χ3v) is 11.9. The van der Waals surface area contributed by atoms with Gasteiger partial charge in [0.2, 0.25) is 0 Å². The Morgan fingerprint density at radius 2 is 0.677 bits per heavy atom. The highest BCUT2D eigenvalue weighted by atomic mass is 15.1. The molecule has 0 bridgehead atoms. The largest absolute Gasteiger partial charge is 0.310 e. The Labute approximate surface area is 363 Å². The second kappa shape index (κ2) is 16.1.